The lowest BCUT2D eigenvalue weighted by Gasteiger charge is -2.20. The van der Waals surface area contributed by atoms with E-state index in [1.807, 2.05) is 30.3 Å². The average molecular weight is 405 g/mol. The average Bonchev–Trinajstić information content (AvgIpc) is 3.22. The number of hydrogen-bond donors (Lipinski definition) is 3. The molecule has 4 rings (SSSR count). The second-order valence-corrected chi connectivity index (χ2v) is 7.96. The van der Waals surface area contributed by atoms with Crippen LogP contribution in [0.25, 0.3) is 0 Å². The molecule has 0 fully saturated rings. The van der Waals surface area contributed by atoms with Gasteiger partial charge in [-0.1, -0.05) is 43.3 Å². The summed E-state index contributed by atoms with van der Waals surface area (Å²) in [6, 6.07) is 16.2. The molecule has 3 heterocycles. The summed E-state index contributed by atoms with van der Waals surface area (Å²) < 4.78 is 0. The molecule has 6 heteroatoms. The Morgan fingerprint density at radius 3 is 2.77 bits per heavy atom. The van der Waals surface area contributed by atoms with Gasteiger partial charge in [-0.3, -0.25) is 9.89 Å². The molecule has 2 aromatic heterocycles. The smallest absolute Gasteiger partial charge is 0.303 e. The first-order chi connectivity index (χ1) is 14.6. The van der Waals surface area contributed by atoms with E-state index in [4.69, 9.17) is 4.98 Å². The zero-order chi connectivity index (χ0) is 20.9. The number of fused-ring (bicyclic) bond motifs is 1. The molecule has 1 aliphatic heterocycles. The van der Waals surface area contributed by atoms with Crippen LogP contribution in [0.5, 0.6) is 0 Å². The number of pyridine rings is 1. The van der Waals surface area contributed by atoms with Crippen molar-refractivity contribution in [3.05, 3.63) is 76.7 Å². The molecular formula is C24H28N4O2. The van der Waals surface area contributed by atoms with Crippen LogP contribution in [0.2, 0.25) is 0 Å². The molecule has 0 aliphatic carbocycles. The summed E-state index contributed by atoms with van der Waals surface area (Å²) in [5.41, 5.74) is 5.24. The molecule has 0 bridgehead atoms. The Kier molecular flexibility index (Phi) is 6.12. The zero-order valence-electron chi connectivity index (χ0n) is 17.3. The molecular weight excluding hydrogens is 376 g/mol. The number of benzene rings is 1. The fraction of sp³-hybridized carbons (Fsp3) is 0.375. The van der Waals surface area contributed by atoms with Gasteiger partial charge < -0.3 is 10.4 Å². The Morgan fingerprint density at radius 1 is 1.17 bits per heavy atom. The van der Waals surface area contributed by atoms with Crippen molar-refractivity contribution in [1.29, 1.82) is 0 Å². The first kappa shape index (κ1) is 20.1. The van der Waals surface area contributed by atoms with Crippen molar-refractivity contribution < 1.29 is 9.90 Å². The number of nitrogens with one attached hydrogen (secondary N) is 2. The third kappa shape index (κ3) is 4.53. The van der Waals surface area contributed by atoms with Crippen LogP contribution in [0.15, 0.2) is 48.5 Å². The Morgan fingerprint density at radius 2 is 2.00 bits per heavy atom. The number of H-pyrrole nitrogens is 1. The zero-order valence-corrected chi connectivity index (χ0v) is 17.3. The van der Waals surface area contributed by atoms with Gasteiger partial charge in [0.2, 0.25) is 0 Å². The van der Waals surface area contributed by atoms with Gasteiger partial charge in [0, 0.05) is 18.2 Å². The van der Waals surface area contributed by atoms with Gasteiger partial charge in [0.25, 0.3) is 0 Å². The lowest BCUT2D eigenvalue weighted by molar-refractivity contribution is -0.137. The van der Waals surface area contributed by atoms with Crippen LogP contribution < -0.4 is 5.32 Å². The summed E-state index contributed by atoms with van der Waals surface area (Å²) in [7, 11) is 0. The number of anilines is 1. The van der Waals surface area contributed by atoms with E-state index in [-0.39, 0.29) is 18.3 Å². The molecule has 0 radical (unpaired) electrons. The number of carboxylic acids is 1. The van der Waals surface area contributed by atoms with Crippen LogP contribution in [-0.4, -0.2) is 32.8 Å². The molecule has 0 amide bonds. The Bertz CT molecular complexity index is 999. The van der Waals surface area contributed by atoms with E-state index in [1.54, 1.807) is 0 Å². The van der Waals surface area contributed by atoms with Crippen LogP contribution in [0.1, 0.15) is 66.2 Å². The number of hydrogen-bond acceptors (Lipinski definition) is 4. The molecule has 0 saturated carbocycles. The lowest BCUT2D eigenvalue weighted by atomic mass is 9.90. The third-order valence-corrected chi connectivity index (χ3v) is 5.85. The number of carboxylic acid groups (broad SMARTS) is 1. The highest BCUT2D eigenvalue weighted by Crippen LogP contribution is 2.30. The third-order valence-electron chi connectivity index (χ3n) is 5.85. The van der Waals surface area contributed by atoms with Crippen molar-refractivity contribution in [1.82, 2.24) is 15.2 Å². The van der Waals surface area contributed by atoms with E-state index in [0.29, 0.717) is 6.42 Å². The molecule has 6 nitrogen and oxygen atoms in total. The minimum Gasteiger partial charge on any atom is -0.481 e. The van der Waals surface area contributed by atoms with Gasteiger partial charge in [0.05, 0.1) is 17.8 Å². The van der Waals surface area contributed by atoms with Gasteiger partial charge >= 0.3 is 5.97 Å². The Balaban J connectivity index is 1.55. The summed E-state index contributed by atoms with van der Waals surface area (Å²) in [5, 5.41) is 20.5. The van der Waals surface area contributed by atoms with Crippen LogP contribution >= 0.6 is 0 Å². The van der Waals surface area contributed by atoms with E-state index in [2.05, 4.69) is 40.6 Å². The molecule has 30 heavy (non-hydrogen) atoms. The number of aromatic nitrogens is 3. The molecule has 3 N–H and O–H groups in total. The second-order valence-electron chi connectivity index (χ2n) is 7.96. The lowest BCUT2D eigenvalue weighted by Crippen LogP contribution is -2.15. The highest BCUT2D eigenvalue weighted by Gasteiger charge is 2.22. The standard InChI is InChI=1S/C24H28N4O2/c1-2-20(21-11-10-17-9-6-12-25-24(17)26-21)22-15-19(27-28-22)13-18(14-23(29)30)16-7-4-3-5-8-16/h3-5,7-8,10-11,15,18,20H,2,6,9,12-14H2,1H3,(H,25,26)(H,27,28)(H,29,30). The van der Waals surface area contributed by atoms with E-state index in [9.17, 15) is 9.90 Å². The number of rotatable bonds is 8. The number of nitrogens with zero attached hydrogens (tertiary/aromatic N) is 2. The largest absolute Gasteiger partial charge is 0.481 e. The summed E-state index contributed by atoms with van der Waals surface area (Å²) >= 11 is 0. The molecule has 2 atom stereocenters. The number of aryl methyl sites for hydroxylation is 1. The van der Waals surface area contributed by atoms with Gasteiger partial charge in [0.1, 0.15) is 5.82 Å². The maximum absolute atomic E-state index is 11.4. The molecule has 1 aliphatic rings. The fourth-order valence-electron chi connectivity index (χ4n) is 4.28. The van der Waals surface area contributed by atoms with E-state index in [0.717, 1.165) is 54.3 Å². The number of aromatic amines is 1. The summed E-state index contributed by atoms with van der Waals surface area (Å²) in [5.74, 6) is 0.223. The van der Waals surface area contributed by atoms with Crippen molar-refractivity contribution >= 4 is 11.8 Å². The molecule has 3 aromatic rings. The van der Waals surface area contributed by atoms with Crippen molar-refractivity contribution in [3.63, 3.8) is 0 Å². The second kappa shape index (κ2) is 9.11. The topological polar surface area (TPSA) is 90.9 Å². The first-order valence-electron chi connectivity index (χ1n) is 10.7. The Hall–Kier alpha value is -3.15. The number of carbonyl (C=O) groups is 1. The van der Waals surface area contributed by atoms with Crippen LogP contribution in [0.3, 0.4) is 0 Å². The molecule has 0 saturated heterocycles. The molecule has 0 spiro atoms. The van der Waals surface area contributed by atoms with Gasteiger partial charge in [-0.15, -0.1) is 0 Å². The monoisotopic (exact) mass is 404 g/mol. The maximum Gasteiger partial charge on any atom is 0.303 e. The minimum atomic E-state index is -0.791. The predicted molar refractivity (Wildman–Crippen MR) is 117 cm³/mol. The first-order valence-corrected chi connectivity index (χ1v) is 10.7. The van der Waals surface area contributed by atoms with Crippen molar-refractivity contribution in [2.45, 2.75) is 50.9 Å². The fourth-order valence-corrected chi connectivity index (χ4v) is 4.28. The van der Waals surface area contributed by atoms with E-state index in [1.165, 1.54) is 5.56 Å². The Labute approximate surface area is 176 Å². The summed E-state index contributed by atoms with van der Waals surface area (Å²) in [6.45, 7) is 3.11. The van der Waals surface area contributed by atoms with Gasteiger partial charge in [-0.2, -0.15) is 5.10 Å². The van der Waals surface area contributed by atoms with Gasteiger partial charge in [-0.05, 0) is 54.9 Å². The predicted octanol–water partition coefficient (Wildman–Crippen LogP) is 4.51. The maximum atomic E-state index is 11.4. The molecule has 156 valence electrons. The van der Waals surface area contributed by atoms with Gasteiger partial charge in [0.15, 0.2) is 0 Å². The summed E-state index contributed by atoms with van der Waals surface area (Å²) in [6.07, 6.45) is 3.82. The van der Waals surface area contributed by atoms with Crippen LogP contribution in [0, 0.1) is 0 Å². The van der Waals surface area contributed by atoms with E-state index >= 15 is 0 Å². The van der Waals surface area contributed by atoms with E-state index < -0.39 is 5.97 Å². The normalized spacial score (nSPS) is 15.1. The SMILES string of the molecule is CCC(c1cc(CC(CC(=O)O)c2ccccc2)[nH]n1)c1ccc2c(n1)NCCC2. The highest BCUT2D eigenvalue weighted by atomic mass is 16.4. The van der Waals surface area contributed by atoms with Crippen molar-refractivity contribution in [2.24, 2.45) is 0 Å². The van der Waals surface area contributed by atoms with Crippen molar-refractivity contribution in [2.75, 3.05) is 11.9 Å². The number of aliphatic carboxylic acids is 1. The van der Waals surface area contributed by atoms with Gasteiger partial charge in [-0.25, -0.2) is 4.98 Å². The molecule has 1 aromatic carbocycles. The minimum absolute atomic E-state index is 0.0909. The molecule has 2 unspecified atom stereocenters. The van der Waals surface area contributed by atoms with Crippen molar-refractivity contribution in [3.8, 4) is 0 Å². The highest BCUT2D eigenvalue weighted by molar-refractivity contribution is 5.68. The van der Waals surface area contributed by atoms with Crippen LogP contribution in [-0.2, 0) is 17.6 Å². The quantitative estimate of drug-likeness (QED) is 0.514. The summed E-state index contributed by atoms with van der Waals surface area (Å²) in [4.78, 5) is 16.3. The van der Waals surface area contributed by atoms with Crippen LogP contribution in [0.4, 0.5) is 5.82 Å².